The van der Waals surface area contributed by atoms with Crippen molar-refractivity contribution in [3.05, 3.63) is 54.2 Å². The Morgan fingerprint density at radius 3 is 2.45 bits per heavy atom. The Balaban J connectivity index is 1.87. The van der Waals surface area contributed by atoms with Gasteiger partial charge in [0, 0.05) is 18.3 Å². The summed E-state index contributed by atoms with van der Waals surface area (Å²) in [6.07, 6.45) is 5.26. The van der Waals surface area contributed by atoms with Crippen molar-refractivity contribution in [2.24, 2.45) is 11.7 Å². The van der Waals surface area contributed by atoms with Gasteiger partial charge in [-0.2, -0.15) is 4.98 Å². The summed E-state index contributed by atoms with van der Waals surface area (Å²) in [7, 11) is 0. The molecule has 0 aliphatic heterocycles. The first-order valence-electron chi connectivity index (χ1n) is 9.62. The molecule has 8 heteroatoms. The summed E-state index contributed by atoms with van der Waals surface area (Å²) in [5, 5.41) is 3.91. The van der Waals surface area contributed by atoms with Crippen molar-refractivity contribution in [3.63, 3.8) is 0 Å². The summed E-state index contributed by atoms with van der Waals surface area (Å²) < 4.78 is 11.5. The number of carbonyl (C=O) groups excluding carboxylic acids is 1. The van der Waals surface area contributed by atoms with E-state index in [1.807, 2.05) is 38.1 Å². The fourth-order valence-corrected chi connectivity index (χ4v) is 3.06. The van der Waals surface area contributed by atoms with Gasteiger partial charge < -0.3 is 15.0 Å². The highest BCUT2D eigenvalue weighted by Crippen LogP contribution is 2.30. The number of aromatic nitrogens is 4. The molecule has 0 saturated carbocycles. The fourth-order valence-electron chi connectivity index (χ4n) is 3.06. The van der Waals surface area contributed by atoms with E-state index in [0.717, 1.165) is 12.8 Å². The van der Waals surface area contributed by atoms with Crippen molar-refractivity contribution < 1.29 is 14.1 Å². The largest absolute Gasteiger partial charge is 0.477 e. The number of aryl methyl sites for hydroxylation is 1. The van der Waals surface area contributed by atoms with E-state index >= 15 is 0 Å². The Morgan fingerprint density at radius 2 is 1.86 bits per heavy atom. The molecule has 3 rings (SSSR count). The summed E-state index contributed by atoms with van der Waals surface area (Å²) in [5.41, 5.74) is 5.65. The quantitative estimate of drug-likeness (QED) is 0.592. The summed E-state index contributed by atoms with van der Waals surface area (Å²) >= 11 is 0. The molecule has 152 valence electrons. The van der Waals surface area contributed by atoms with Gasteiger partial charge in [0.25, 0.3) is 5.91 Å². The Bertz CT molecular complexity index is 940. The molecule has 0 fully saturated rings. The molecule has 1 amide bonds. The topological polar surface area (TPSA) is 117 Å². The molecule has 0 saturated heterocycles. The average Bonchev–Trinajstić information content (AvgIpc) is 3.18. The van der Waals surface area contributed by atoms with Crippen molar-refractivity contribution in [2.45, 2.75) is 45.6 Å². The van der Waals surface area contributed by atoms with Crippen LogP contribution in [0.5, 0.6) is 5.75 Å². The zero-order chi connectivity index (χ0) is 20.9. The predicted molar refractivity (Wildman–Crippen MR) is 107 cm³/mol. The fraction of sp³-hybridized carbons (Fsp3) is 0.381. The minimum absolute atomic E-state index is 0.0382. The van der Waals surface area contributed by atoms with Gasteiger partial charge in [0.2, 0.25) is 17.5 Å². The van der Waals surface area contributed by atoms with Crippen LogP contribution in [0.2, 0.25) is 0 Å². The van der Waals surface area contributed by atoms with Crippen LogP contribution in [0.4, 0.5) is 0 Å². The van der Waals surface area contributed by atoms with E-state index in [2.05, 4.69) is 27.0 Å². The standard InChI is InChI=1S/C21H25N5O3/c1-4-6-15-7-9-16(10-8-15)28-21(14(2)3,20(22)27)13-17-25-19(26-29-17)18-23-11-5-12-24-18/h5,7-12,14H,4,6,13H2,1-3H3,(H2,22,27). The van der Waals surface area contributed by atoms with Crippen molar-refractivity contribution in [2.75, 3.05) is 0 Å². The maximum Gasteiger partial charge on any atom is 0.262 e. The molecule has 0 bridgehead atoms. The molecule has 29 heavy (non-hydrogen) atoms. The van der Waals surface area contributed by atoms with Gasteiger partial charge in [-0.1, -0.05) is 44.5 Å². The van der Waals surface area contributed by atoms with Crippen molar-refractivity contribution >= 4 is 5.91 Å². The van der Waals surface area contributed by atoms with Gasteiger partial charge in [-0.3, -0.25) is 4.79 Å². The van der Waals surface area contributed by atoms with Crippen LogP contribution in [-0.4, -0.2) is 31.6 Å². The van der Waals surface area contributed by atoms with Crippen LogP contribution in [0.1, 0.15) is 38.6 Å². The van der Waals surface area contributed by atoms with Crippen LogP contribution < -0.4 is 10.5 Å². The molecular formula is C21H25N5O3. The van der Waals surface area contributed by atoms with Gasteiger partial charge in [0.1, 0.15) is 5.75 Å². The zero-order valence-corrected chi connectivity index (χ0v) is 16.8. The highest BCUT2D eigenvalue weighted by atomic mass is 16.5. The summed E-state index contributed by atoms with van der Waals surface area (Å²) in [4.78, 5) is 25.0. The number of nitrogens with zero attached hydrogens (tertiary/aromatic N) is 4. The highest BCUT2D eigenvalue weighted by Gasteiger charge is 2.44. The van der Waals surface area contributed by atoms with Crippen LogP contribution in [0.15, 0.2) is 47.2 Å². The molecule has 2 heterocycles. The molecule has 8 nitrogen and oxygen atoms in total. The molecule has 1 unspecified atom stereocenters. The maximum atomic E-state index is 12.5. The van der Waals surface area contributed by atoms with Gasteiger partial charge in [0.15, 0.2) is 5.60 Å². The highest BCUT2D eigenvalue weighted by molar-refractivity contribution is 5.84. The Hall–Kier alpha value is -3.29. The summed E-state index contributed by atoms with van der Waals surface area (Å²) in [6, 6.07) is 9.37. The smallest absolute Gasteiger partial charge is 0.262 e. The summed E-state index contributed by atoms with van der Waals surface area (Å²) in [5.74, 6) is 0.529. The molecule has 0 spiro atoms. The minimum Gasteiger partial charge on any atom is -0.477 e. The number of primary amides is 1. The molecule has 3 aromatic rings. The molecule has 0 radical (unpaired) electrons. The Labute approximate surface area is 169 Å². The second-order valence-electron chi connectivity index (χ2n) is 7.17. The predicted octanol–water partition coefficient (Wildman–Crippen LogP) is 2.98. The van der Waals surface area contributed by atoms with Gasteiger partial charge >= 0.3 is 0 Å². The third-order valence-corrected chi connectivity index (χ3v) is 4.76. The third kappa shape index (κ3) is 4.59. The van der Waals surface area contributed by atoms with Crippen molar-refractivity contribution in [3.8, 4) is 17.4 Å². The first-order valence-corrected chi connectivity index (χ1v) is 9.62. The SMILES string of the molecule is CCCc1ccc(OC(Cc2nc(-c3ncccn3)no2)(C(N)=O)C(C)C)cc1. The van der Waals surface area contributed by atoms with Gasteiger partial charge in [0.05, 0.1) is 6.42 Å². The molecule has 2 aromatic heterocycles. The lowest BCUT2D eigenvalue weighted by Gasteiger charge is -2.34. The molecule has 2 N–H and O–H groups in total. The van der Waals surface area contributed by atoms with E-state index in [1.165, 1.54) is 5.56 Å². The number of rotatable bonds is 9. The normalized spacial score (nSPS) is 13.2. The van der Waals surface area contributed by atoms with E-state index in [1.54, 1.807) is 18.5 Å². The summed E-state index contributed by atoms with van der Waals surface area (Å²) in [6.45, 7) is 5.86. The van der Waals surface area contributed by atoms with Crippen LogP contribution in [-0.2, 0) is 17.6 Å². The van der Waals surface area contributed by atoms with Crippen LogP contribution in [0.3, 0.4) is 0 Å². The molecule has 0 aliphatic carbocycles. The number of nitrogens with two attached hydrogens (primary N) is 1. The van der Waals surface area contributed by atoms with Gasteiger partial charge in [-0.05, 0) is 30.2 Å². The van der Waals surface area contributed by atoms with Crippen molar-refractivity contribution in [1.82, 2.24) is 20.1 Å². The molecule has 0 aliphatic rings. The van der Waals surface area contributed by atoms with Gasteiger partial charge in [-0.25, -0.2) is 9.97 Å². The van der Waals surface area contributed by atoms with E-state index in [0.29, 0.717) is 11.6 Å². The number of ether oxygens (including phenoxy) is 1. The lowest BCUT2D eigenvalue weighted by Crippen LogP contribution is -2.54. The number of carbonyl (C=O) groups is 1. The Kier molecular flexibility index (Phi) is 6.21. The van der Waals surface area contributed by atoms with E-state index < -0.39 is 11.5 Å². The average molecular weight is 395 g/mol. The lowest BCUT2D eigenvalue weighted by molar-refractivity contribution is -0.138. The number of amides is 1. The number of hydrogen-bond acceptors (Lipinski definition) is 7. The number of hydrogen-bond donors (Lipinski definition) is 1. The zero-order valence-electron chi connectivity index (χ0n) is 16.8. The molecule has 1 aromatic carbocycles. The lowest BCUT2D eigenvalue weighted by atomic mass is 9.85. The van der Waals surface area contributed by atoms with E-state index in [-0.39, 0.29) is 24.1 Å². The van der Waals surface area contributed by atoms with Crippen LogP contribution in [0.25, 0.3) is 11.6 Å². The first-order chi connectivity index (χ1) is 13.9. The second kappa shape index (κ2) is 8.81. The van der Waals surface area contributed by atoms with Gasteiger partial charge in [-0.15, -0.1) is 0 Å². The maximum absolute atomic E-state index is 12.5. The van der Waals surface area contributed by atoms with E-state index in [9.17, 15) is 4.79 Å². The molecule has 1 atom stereocenters. The minimum atomic E-state index is -1.34. The van der Waals surface area contributed by atoms with Crippen LogP contribution in [0, 0.1) is 5.92 Å². The Morgan fingerprint density at radius 1 is 1.17 bits per heavy atom. The monoisotopic (exact) mass is 395 g/mol. The van der Waals surface area contributed by atoms with Crippen molar-refractivity contribution in [1.29, 1.82) is 0 Å². The van der Waals surface area contributed by atoms with E-state index in [4.69, 9.17) is 15.0 Å². The number of benzene rings is 1. The first kappa shape index (κ1) is 20.4. The third-order valence-electron chi connectivity index (χ3n) is 4.76. The van der Waals surface area contributed by atoms with Crippen LogP contribution >= 0.6 is 0 Å². The second-order valence-corrected chi connectivity index (χ2v) is 7.17. The molecular weight excluding hydrogens is 370 g/mol.